The summed E-state index contributed by atoms with van der Waals surface area (Å²) in [6.45, 7) is 1.56. The number of nitrogens with zero attached hydrogens (tertiary/aromatic N) is 1. The van der Waals surface area contributed by atoms with Gasteiger partial charge in [-0.05, 0) is 18.1 Å². The van der Waals surface area contributed by atoms with Crippen LogP contribution < -0.4 is 0 Å². The molecule has 0 saturated heterocycles. The van der Waals surface area contributed by atoms with E-state index in [0.29, 0.717) is 11.1 Å². The van der Waals surface area contributed by atoms with E-state index in [9.17, 15) is 13.6 Å². The first kappa shape index (κ1) is 12.8. The van der Waals surface area contributed by atoms with Gasteiger partial charge in [-0.15, -0.1) is 0 Å². The van der Waals surface area contributed by atoms with Gasteiger partial charge in [-0.2, -0.15) is 0 Å². The van der Waals surface area contributed by atoms with Crippen LogP contribution in [0.4, 0.5) is 8.78 Å². The monoisotopic (exact) mass is 249 g/mol. The number of carbonyl (C=O) groups excluding carboxylic acids is 1. The standard InChI is InChI=1S/C10H10ClF2NO2/c1-5-6(3-7(15)16-2)4-14-9(8(5)11)10(12)13/h4,10H,3H2,1-2H3. The Bertz CT molecular complexity index is 410. The summed E-state index contributed by atoms with van der Waals surface area (Å²) in [7, 11) is 1.25. The van der Waals surface area contributed by atoms with Gasteiger partial charge in [0.05, 0.1) is 18.6 Å². The second-order valence-corrected chi connectivity index (χ2v) is 3.54. The number of hydrogen-bond acceptors (Lipinski definition) is 3. The molecule has 1 aromatic rings. The lowest BCUT2D eigenvalue weighted by Crippen LogP contribution is -2.07. The zero-order valence-electron chi connectivity index (χ0n) is 8.76. The molecule has 0 aromatic carbocycles. The number of esters is 1. The molecule has 3 nitrogen and oxygen atoms in total. The number of carbonyl (C=O) groups is 1. The van der Waals surface area contributed by atoms with Crippen molar-refractivity contribution in [1.82, 2.24) is 4.98 Å². The molecule has 0 radical (unpaired) electrons. The number of methoxy groups -OCH3 is 1. The van der Waals surface area contributed by atoms with Crippen LogP contribution in [0.3, 0.4) is 0 Å². The van der Waals surface area contributed by atoms with Crippen LogP contribution in [0.25, 0.3) is 0 Å². The maximum Gasteiger partial charge on any atom is 0.310 e. The van der Waals surface area contributed by atoms with E-state index in [4.69, 9.17) is 11.6 Å². The molecule has 1 heterocycles. The van der Waals surface area contributed by atoms with Gasteiger partial charge in [-0.3, -0.25) is 9.78 Å². The largest absolute Gasteiger partial charge is 0.469 e. The van der Waals surface area contributed by atoms with Gasteiger partial charge in [0.2, 0.25) is 0 Å². The number of pyridine rings is 1. The van der Waals surface area contributed by atoms with Gasteiger partial charge in [0.15, 0.2) is 0 Å². The van der Waals surface area contributed by atoms with Crippen LogP contribution in [-0.2, 0) is 16.0 Å². The predicted molar refractivity (Wildman–Crippen MR) is 54.7 cm³/mol. The van der Waals surface area contributed by atoms with E-state index in [2.05, 4.69) is 9.72 Å². The van der Waals surface area contributed by atoms with Gasteiger partial charge in [-0.1, -0.05) is 11.6 Å². The van der Waals surface area contributed by atoms with E-state index in [0.717, 1.165) is 0 Å². The van der Waals surface area contributed by atoms with Gasteiger partial charge in [0.25, 0.3) is 6.43 Å². The lowest BCUT2D eigenvalue weighted by molar-refractivity contribution is -0.139. The summed E-state index contributed by atoms with van der Waals surface area (Å²) in [6.07, 6.45) is -1.53. The summed E-state index contributed by atoms with van der Waals surface area (Å²) < 4.78 is 29.3. The second kappa shape index (κ2) is 5.21. The highest BCUT2D eigenvalue weighted by Gasteiger charge is 2.18. The quantitative estimate of drug-likeness (QED) is 0.773. The number of halogens is 3. The Hall–Kier alpha value is -1.23. The lowest BCUT2D eigenvalue weighted by Gasteiger charge is -2.09. The van der Waals surface area contributed by atoms with E-state index in [-0.39, 0.29) is 11.4 Å². The van der Waals surface area contributed by atoms with Gasteiger partial charge < -0.3 is 4.74 Å². The normalized spacial score (nSPS) is 10.6. The number of rotatable bonds is 3. The molecule has 0 aliphatic rings. The van der Waals surface area contributed by atoms with E-state index in [1.54, 1.807) is 6.92 Å². The summed E-state index contributed by atoms with van der Waals surface area (Å²) in [5.41, 5.74) is 0.450. The van der Waals surface area contributed by atoms with Gasteiger partial charge >= 0.3 is 5.97 Å². The highest BCUT2D eigenvalue weighted by Crippen LogP contribution is 2.29. The zero-order valence-corrected chi connectivity index (χ0v) is 9.52. The van der Waals surface area contributed by atoms with Crippen molar-refractivity contribution in [2.75, 3.05) is 7.11 Å². The molecule has 0 fully saturated rings. The molecule has 0 amide bonds. The van der Waals surface area contributed by atoms with Crippen LogP contribution in [0.5, 0.6) is 0 Å². The minimum atomic E-state index is -2.72. The maximum atomic E-state index is 12.4. The second-order valence-electron chi connectivity index (χ2n) is 3.16. The molecule has 0 unspecified atom stereocenters. The van der Waals surface area contributed by atoms with Crippen LogP contribution in [0.1, 0.15) is 23.2 Å². The van der Waals surface area contributed by atoms with Crippen molar-refractivity contribution in [3.05, 3.63) is 28.0 Å². The van der Waals surface area contributed by atoms with Crippen molar-refractivity contribution in [2.45, 2.75) is 19.8 Å². The molecule has 0 bridgehead atoms. The third-order valence-corrected chi connectivity index (χ3v) is 2.64. The third-order valence-electron chi connectivity index (χ3n) is 2.16. The SMILES string of the molecule is COC(=O)Cc1cnc(C(F)F)c(Cl)c1C. The van der Waals surface area contributed by atoms with Gasteiger partial charge in [0.1, 0.15) is 5.69 Å². The van der Waals surface area contributed by atoms with Crippen molar-refractivity contribution in [1.29, 1.82) is 0 Å². The Morgan fingerprint density at radius 2 is 2.25 bits per heavy atom. The summed E-state index contributed by atoms with van der Waals surface area (Å²) in [5.74, 6) is -0.467. The molecule has 0 atom stereocenters. The van der Waals surface area contributed by atoms with Gasteiger partial charge in [-0.25, -0.2) is 8.78 Å². The van der Waals surface area contributed by atoms with Crippen LogP contribution >= 0.6 is 11.6 Å². The lowest BCUT2D eigenvalue weighted by atomic mass is 10.1. The molecule has 16 heavy (non-hydrogen) atoms. The summed E-state index contributed by atoms with van der Waals surface area (Å²) in [4.78, 5) is 14.6. The first-order chi connectivity index (χ1) is 7.47. The van der Waals surface area contributed by atoms with Crippen molar-refractivity contribution in [3.8, 4) is 0 Å². The Labute approximate surface area is 96.4 Å². The molecule has 0 aliphatic heterocycles. The van der Waals surface area contributed by atoms with Gasteiger partial charge in [0, 0.05) is 6.20 Å². The fourth-order valence-electron chi connectivity index (χ4n) is 1.19. The first-order valence-corrected chi connectivity index (χ1v) is 4.84. The molecule has 0 N–H and O–H groups in total. The Kier molecular flexibility index (Phi) is 4.18. The van der Waals surface area contributed by atoms with Crippen LogP contribution in [0.2, 0.25) is 5.02 Å². The molecule has 0 saturated carbocycles. The number of hydrogen-bond donors (Lipinski definition) is 0. The predicted octanol–water partition coefficient (Wildman–Crippen LogP) is 2.70. The van der Waals surface area contributed by atoms with Crippen LogP contribution in [0, 0.1) is 6.92 Å². The molecule has 1 aromatic heterocycles. The fourth-order valence-corrected chi connectivity index (χ4v) is 1.44. The Balaban J connectivity index is 3.07. The average molecular weight is 250 g/mol. The molecular weight excluding hydrogens is 240 g/mol. The third kappa shape index (κ3) is 2.66. The molecule has 88 valence electrons. The van der Waals surface area contributed by atoms with Crippen molar-refractivity contribution >= 4 is 17.6 Å². The zero-order chi connectivity index (χ0) is 12.3. The van der Waals surface area contributed by atoms with E-state index in [1.807, 2.05) is 0 Å². The molecule has 0 spiro atoms. The van der Waals surface area contributed by atoms with E-state index < -0.39 is 18.1 Å². The summed E-state index contributed by atoms with van der Waals surface area (Å²) in [6, 6.07) is 0. The highest BCUT2D eigenvalue weighted by atomic mass is 35.5. The van der Waals surface area contributed by atoms with Crippen molar-refractivity contribution in [3.63, 3.8) is 0 Å². The number of ether oxygens (including phenoxy) is 1. The van der Waals surface area contributed by atoms with Crippen LogP contribution in [-0.4, -0.2) is 18.1 Å². The first-order valence-electron chi connectivity index (χ1n) is 4.46. The summed E-state index contributed by atoms with van der Waals surface area (Å²) in [5, 5.41) is -0.101. The Morgan fingerprint density at radius 3 is 2.75 bits per heavy atom. The van der Waals surface area contributed by atoms with Crippen molar-refractivity contribution in [2.24, 2.45) is 0 Å². The highest BCUT2D eigenvalue weighted by molar-refractivity contribution is 6.32. The minimum Gasteiger partial charge on any atom is -0.469 e. The van der Waals surface area contributed by atoms with E-state index in [1.165, 1.54) is 13.3 Å². The fraction of sp³-hybridized carbons (Fsp3) is 0.400. The van der Waals surface area contributed by atoms with Crippen molar-refractivity contribution < 1.29 is 18.3 Å². The average Bonchev–Trinajstić information content (AvgIpc) is 2.24. The molecule has 6 heteroatoms. The smallest absolute Gasteiger partial charge is 0.310 e. The van der Waals surface area contributed by atoms with E-state index >= 15 is 0 Å². The molecule has 0 aliphatic carbocycles. The minimum absolute atomic E-state index is 0.0292. The number of alkyl halides is 2. The molecular formula is C10H10ClF2NO2. The summed E-state index contributed by atoms with van der Waals surface area (Å²) >= 11 is 5.73. The Morgan fingerprint density at radius 1 is 1.62 bits per heavy atom. The van der Waals surface area contributed by atoms with Crippen LogP contribution in [0.15, 0.2) is 6.20 Å². The molecule has 1 rings (SSSR count). The topological polar surface area (TPSA) is 39.2 Å². The number of aromatic nitrogens is 1. The maximum absolute atomic E-state index is 12.4.